The summed E-state index contributed by atoms with van der Waals surface area (Å²) in [6.45, 7) is 4.71. The molecule has 0 saturated carbocycles. The third kappa shape index (κ3) is 6.91. The average Bonchev–Trinajstić information content (AvgIpc) is 2.83. The molecule has 3 rings (SSSR count). The van der Waals surface area contributed by atoms with E-state index < -0.39 is 5.41 Å². The highest BCUT2D eigenvalue weighted by Gasteiger charge is 2.42. The molecule has 0 radical (unpaired) electrons. The molecule has 10 nitrogen and oxygen atoms in total. The highest BCUT2D eigenvalue weighted by molar-refractivity contribution is 5.88. The van der Waals surface area contributed by atoms with Gasteiger partial charge in [0, 0.05) is 46.3 Å². The minimum absolute atomic E-state index is 0.0164. The van der Waals surface area contributed by atoms with Crippen LogP contribution in [0, 0.1) is 11.3 Å². The molecule has 34 heavy (non-hydrogen) atoms. The Labute approximate surface area is 202 Å². The van der Waals surface area contributed by atoms with Crippen LogP contribution < -0.4 is 10.6 Å². The number of hydrogen-bond acceptors (Lipinski definition) is 6. The summed E-state index contributed by atoms with van der Waals surface area (Å²) >= 11 is 0. The maximum absolute atomic E-state index is 13.2. The Balaban J connectivity index is 1.58. The number of piperidine rings is 2. The van der Waals surface area contributed by atoms with Gasteiger partial charge in [0.05, 0.1) is 25.2 Å². The lowest BCUT2D eigenvalue weighted by Gasteiger charge is -2.42. The second kappa shape index (κ2) is 12.5. The van der Waals surface area contributed by atoms with Gasteiger partial charge in [-0.15, -0.1) is 0 Å². The van der Waals surface area contributed by atoms with Crippen LogP contribution in [0.25, 0.3) is 0 Å². The molecule has 10 heteroatoms. The van der Waals surface area contributed by atoms with E-state index in [4.69, 9.17) is 9.47 Å². The van der Waals surface area contributed by atoms with Crippen LogP contribution in [0.2, 0.25) is 0 Å². The van der Waals surface area contributed by atoms with Gasteiger partial charge < -0.3 is 29.9 Å². The largest absolute Gasteiger partial charge is 0.382 e. The van der Waals surface area contributed by atoms with Gasteiger partial charge in [0.1, 0.15) is 6.61 Å². The lowest BCUT2D eigenvalue weighted by atomic mass is 9.73. The topological polar surface area (TPSA) is 117 Å². The first-order valence-electron chi connectivity index (χ1n) is 12.5. The van der Waals surface area contributed by atoms with Crippen LogP contribution in [0.1, 0.15) is 51.9 Å². The Morgan fingerprint density at radius 3 is 2.50 bits per heavy atom. The van der Waals surface area contributed by atoms with E-state index in [1.165, 1.54) is 0 Å². The maximum Gasteiger partial charge on any atom is 0.248 e. The van der Waals surface area contributed by atoms with Crippen molar-refractivity contribution in [2.24, 2.45) is 11.3 Å². The van der Waals surface area contributed by atoms with Crippen LogP contribution in [-0.2, 0) is 28.7 Å². The number of nitrogens with zero attached hydrogens (tertiary/aromatic N) is 2. The van der Waals surface area contributed by atoms with Gasteiger partial charge in [-0.05, 0) is 38.0 Å². The minimum atomic E-state index is -0.565. The first kappa shape index (κ1) is 26.4. The Hall–Kier alpha value is -2.20. The number of rotatable bonds is 5. The minimum Gasteiger partial charge on any atom is -0.382 e. The number of likely N-dealkylation sites (tertiary alicyclic amines) is 2. The van der Waals surface area contributed by atoms with Crippen LogP contribution in [0.15, 0.2) is 0 Å². The summed E-state index contributed by atoms with van der Waals surface area (Å²) in [5, 5.41) is 5.96. The lowest BCUT2D eigenvalue weighted by molar-refractivity contribution is -0.144. The highest BCUT2D eigenvalue weighted by atomic mass is 16.5. The summed E-state index contributed by atoms with van der Waals surface area (Å²) < 4.78 is 10.3. The van der Waals surface area contributed by atoms with Gasteiger partial charge in [-0.25, -0.2) is 0 Å². The van der Waals surface area contributed by atoms with Crippen molar-refractivity contribution in [2.75, 3.05) is 59.7 Å². The summed E-state index contributed by atoms with van der Waals surface area (Å²) in [6.07, 6.45) is 5.39. The zero-order chi connectivity index (χ0) is 24.6. The molecule has 0 aliphatic carbocycles. The van der Waals surface area contributed by atoms with Crippen LogP contribution in [0.3, 0.4) is 0 Å². The normalized spacial score (nSPS) is 26.1. The smallest absolute Gasteiger partial charge is 0.248 e. The van der Waals surface area contributed by atoms with E-state index >= 15 is 0 Å². The molecule has 3 aliphatic heterocycles. The molecule has 0 bridgehead atoms. The van der Waals surface area contributed by atoms with Gasteiger partial charge in [0.2, 0.25) is 23.6 Å². The quantitative estimate of drug-likeness (QED) is 0.547. The number of hydrogen-bond donors (Lipinski definition) is 2. The number of fused-ring (bicyclic) bond motifs is 1. The van der Waals surface area contributed by atoms with Crippen molar-refractivity contribution < 1.29 is 28.7 Å². The van der Waals surface area contributed by atoms with Crippen molar-refractivity contribution >= 4 is 23.6 Å². The number of carbonyl (C=O) groups is 4. The van der Waals surface area contributed by atoms with E-state index in [9.17, 15) is 19.2 Å². The molecule has 0 aromatic rings. The molecular formula is C24H40N4O6. The second-order valence-electron chi connectivity index (χ2n) is 9.82. The zero-order valence-corrected chi connectivity index (χ0v) is 20.6. The standard InChI is InChI=1S/C24H40N4O6/c1-18(29)28-10-6-20-19(16-28)5-3-4-7-24(23(32)25-15-21(30)26-20)8-11-27(12-9-24)22(31)17-34-14-13-33-2/h19-20H,3-17H2,1-2H3,(H,25,32)(H,26,30)/t19-,20+/m0/s1. The van der Waals surface area contributed by atoms with E-state index in [1.807, 2.05) is 4.90 Å². The van der Waals surface area contributed by atoms with Crippen molar-refractivity contribution in [2.45, 2.75) is 57.9 Å². The van der Waals surface area contributed by atoms with E-state index in [-0.39, 0.29) is 48.7 Å². The number of carbonyl (C=O) groups excluding carboxylic acids is 4. The van der Waals surface area contributed by atoms with Gasteiger partial charge >= 0.3 is 0 Å². The number of ether oxygens (including phenoxy) is 2. The molecule has 0 aromatic carbocycles. The third-order valence-electron chi connectivity index (χ3n) is 7.63. The molecule has 192 valence electrons. The molecule has 2 N–H and O–H groups in total. The summed E-state index contributed by atoms with van der Waals surface area (Å²) in [6, 6.07) is 0.0359. The summed E-state index contributed by atoms with van der Waals surface area (Å²) in [5.41, 5.74) is -0.565. The second-order valence-corrected chi connectivity index (χ2v) is 9.82. The average molecular weight is 481 g/mol. The fourth-order valence-electron chi connectivity index (χ4n) is 5.44. The SMILES string of the molecule is COCCOCC(=O)N1CCC2(CCCC[C@H]3CN(C(C)=O)CC[C@H]3NC(=O)CNC2=O)CC1. The van der Waals surface area contributed by atoms with Gasteiger partial charge in [-0.3, -0.25) is 19.2 Å². The first-order chi connectivity index (χ1) is 16.3. The van der Waals surface area contributed by atoms with Gasteiger partial charge in [-0.1, -0.05) is 12.8 Å². The van der Waals surface area contributed by atoms with Crippen molar-refractivity contribution in [1.82, 2.24) is 20.4 Å². The van der Waals surface area contributed by atoms with Crippen molar-refractivity contribution in [1.29, 1.82) is 0 Å². The van der Waals surface area contributed by atoms with Crippen LogP contribution in [-0.4, -0.2) is 99.1 Å². The number of nitrogens with one attached hydrogen (secondary N) is 2. The first-order valence-corrected chi connectivity index (χ1v) is 12.5. The Morgan fingerprint density at radius 1 is 1.03 bits per heavy atom. The van der Waals surface area contributed by atoms with Gasteiger partial charge in [-0.2, -0.15) is 0 Å². The van der Waals surface area contributed by atoms with E-state index in [2.05, 4.69) is 10.6 Å². The molecule has 1 spiro atoms. The number of amides is 4. The van der Waals surface area contributed by atoms with Crippen LogP contribution in [0.5, 0.6) is 0 Å². The molecule has 4 amide bonds. The molecule has 2 atom stereocenters. The van der Waals surface area contributed by atoms with Crippen molar-refractivity contribution in [3.8, 4) is 0 Å². The van der Waals surface area contributed by atoms with E-state index in [1.54, 1.807) is 18.9 Å². The monoisotopic (exact) mass is 480 g/mol. The Morgan fingerprint density at radius 2 is 1.79 bits per heavy atom. The molecule has 0 aromatic heterocycles. The molecule has 3 fully saturated rings. The van der Waals surface area contributed by atoms with E-state index in [0.29, 0.717) is 52.2 Å². The number of methoxy groups -OCH3 is 1. The molecular weight excluding hydrogens is 440 g/mol. The summed E-state index contributed by atoms with van der Waals surface area (Å²) in [5.74, 6) is -0.0409. The van der Waals surface area contributed by atoms with Crippen molar-refractivity contribution in [3.63, 3.8) is 0 Å². The maximum atomic E-state index is 13.2. The van der Waals surface area contributed by atoms with Gasteiger partial charge in [0.25, 0.3) is 0 Å². The molecule has 3 heterocycles. The summed E-state index contributed by atoms with van der Waals surface area (Å²) in [7, 11) is 1.58. The molecule has 3 saturated heterocycles. The molecule has 3 aliphatic rings. The fraction of sp³-hybridized carbons (Fsp3) is 0.833. The Bertz CT molecular complexity index is 737. The predicted molar refractivity (Wildman–Crippen MR) is 125 cm³/mol. The third-order valence-corrected chi connectivity index (χ3v) is 7.63. The zero-order valence-electron chi connectivity index (χ0n) is 20.6. The van der Waals surface area contributed by atoms with E-state index in [0.717, 1.165) is 32.1 Å². The lowest BCUT2D eigenvalue weighted by Crippen LogP contribution is -2.55. The molecule has 0 unspecified atom stereocenters. The predicted octanol–water partition coefficient (Wildman–Crippen LogP) is 0.302. The van der Waals surface area contributed by atoms with Crippen LogP contribution in [0.4, 0.5) is 0 Å². The fourth-order valence-corrected chi connectivity index (χ4v) is 5.44. The Kier molecular flexibility index (Phi) is 9.70. The van der Waals surface area contributed by atoms with Crippen molar-refractivity contribution in [3.05, 3.63) is 0 Å². The summed E-state index contributed by atoms with van der Waals surface area (Å²) in [4.78, 5) is 53.7. The highest BCUT2D eigenvalue weighted by Crippen LogP contribution is 2.38. The van der Waals surface area contributed by atoms with Gasteiger partial charge in [0.15, 0.2) is 0 Å². The van der Waals surface area contributed by atoms with Crippen LogP contribution >= 0.6 is 0 Å².